The Morgan fingerprint density at radius 2 is 1.88 bits per heavy atom. The van der Waals surface area contributed by atoms with Gasteiger partial charge in [-0.2, -0.15) is 0 Å². The van der Waals surface area contributed by atoms with Gasteiger partial charge in [0.25, 0.3) is 0 Å². The molecule has 0 atom stereocenters. The van der Waals surface area contributed by atoms with Crippen LogP contribution in [0.4, 0.5) is 0 Å². The van der Waals surface area contributed by atoms with E-state index < -0.39 is 0 Å². The minimum absolute atomic E-state index is 0.211. The molecule has 96 valence electrons. The van der Waals surface area contributed by atoms with Crippen molar-refractivity contribution in [2.24, 2.45) is 11.1 Å². The molecule has 4 nitrogen and oxygen atoms in total. The van der Waals surface area contributed by atoms with E-state index in [1.165, 1.54) is 0 Å². The van der Waals surface area contributed by atoms with Gasteiger partial charge in [0, 0.05) is 12.0 Å². The van der Waals surface area contributed by atoms with Crippen LogP contribution in [0.15, 0.2) is 0 Å². The number of hydrogen-bond acceptors (Lipinski definition) is 3. The summed E-state index contributed by atoms with van der Waals surface area (Å²) in [7, 11) is 0. The molecule has 0 aromatic heterocycles. The second-order valence-corrected chi connectivity index (χ2v) is 4.93. The highest BCUT2D eigenvalue weighted by atomic mass is 16.5. The van der Waals surface area contributed by atoms with Crippen LogP contribution in [0.5, 0.6) is 0 Å². The molecule has 0 aliphatic carbocycles. The fourth-order valence-electron chi connectivity index (χ4n) is 1.20. The van der Waals surface area contributed by atoms with Gasteiger partial charge in [-0.15, -0.1) is 0 Å². The maximum atomic E-state index is 7.41. The van der Waals surface area contributed by atoms with E-state index in [1.807, 2.05) is 27.7 Å². The van der Waals surface area contributed by atoms with Gasteiger partial charge in [-0.25, -0.2) is 0 Å². The van der Waals surface area contributed by atoms with E-state index in [0.29, 0.717) is 19.8 Å². The average molecular weight is 230 g/mol. The van der Waals surface area contributed by atoms with Crippen molar-refractivity contribution >= 4 is 5.84 Å². The summed E-state index contributed by atoms with van der Waals surface area (Å²) < 4.78 is 10.8. The summed E-state index contributed by atoms with van der Waals surface area (Å²) in [5.74, 6) is 0.246. The molecule has 0 fully saturated rings. The third-order valence-corrected chi connectivity index (χ3v) is 2.50. The van der Waals surface area contributed by atoms with Gasteiger partial charge in [0.15, 0.2) is 0 Å². The summed E-state index contributed by atoms with van der Waals surface area (Å²) in [4.78, 5) is 0. The molecule has 0 aromatic rings. The molecule has 0 aromatic carbocycles. The van der Waals surface area contributed by atoms with Crippen LogP contribution in [0.1, 0.15) is 40.5 Å². The molecule has 16 heavy (non-hydrogen) atoms. The zero-order valence-corrected chi connectivity index (χ0v) is 11.0. The Bertz CT molecular complexity index is 203. The number of ether oxygens (including phenoxy) is 2. The molecule has 0 saturated carbocycles. The monoisotopic (exact) mass is 230 g/mol. The van der Waals surface area contributed by atoms with E-state index in [4.69, 9.17) is 20.6 Å². The number of amidine groups is 1. The van der Waals surface area contributed by atoms with Crippen LogP contribution in [0.3, 0.4) is 0 Å². The Hall–Kier alpha value is -0.610. The summed E-state index contributed by atoms with van der Waals surface area (Å²) in [5, 5.41) is 7.41. The Balaban J connectivity index is 3.37. The van der Waals surface area contributed by atoms with Crippen LogP contribution in [0.25, 0.3) is 0 Å². The quantitative estimate of drug-likeness (QED) is 0.362. The number of nitrogens with one attached hydrogen (secondary N) is 1. The summed E-state index contributed by atoms with van der Waals surface area (Å²) in [5.41, 5.74) is 5.28. The van der Waals surface area contributed by atoms with Gasteiger partial charge in [-0.1, -0.05) is 13.8 Å². The lowest BCUT2D eigenvalue weighted by Gasteiger charge is -2.22. The first kappa shape index (κ1) is 15.4. The van der Waals surface area contributed by atoms with E-state index in [0.717, 1.165) is 12.8 Å². The van der Waals surface area contributed by atoms with E-state index >= 15 is 0 Å². The van der Waals surface area contributed by atoms with E-state index in [1.54, 1.807) is 0 Å². The largest absolute Gasteiger partial charge is 0.387 e. The van der Waals surface area contributed by atoms with Gasteiger partial charge in [-0.05, 0) is 26.7 Å². The Morgan fingerprint density at radius 3 is 2.38 bits per heavy atom. The minimum Gasteiger partial charge on any atom is -0.387 e. The van der Waals surface area contributed by atoms with Crippen LogP contribution >= 0.6 is 0 Å². The van der Waals surface area contributed by atoms with Crippen LogP contribution in [0, 0.1) is 10.8 Å². The lowest BCUT2D eigenvalue weighted by molar-refractivity contribution is 0.0179. The highest BCUT2D eigenvalue weighted by Gasteiger charge is 2.20. The molecule has 0 radical (unpaired) electrons. The second kappa shape index (κ2) is 7.63. The fourth-order valence-corrected chi connectivity index (χ4v) is 1.20. The zero-order chi connectivity index (χ0) is 12.6. The molecule has 0 heterocycles. The lowest BCUT2D eigenvalue weighted by atomic mass is 9.87. The molecule has 0 spiro atoms. The van der Waals surface area contributed by atoms with Gasteiger partial charge in [-0.3, -0.25) is 5.41 Å². The first-order valence-corrected chi connectivity index (χ1v) is 5.90. The van der Waals surface area contributed by atoms with Gasteiger partial charge in [0.2, 0.25) is 0 Å². The molecule has 0 bridgehead atoms. The third-order valence-electron chi connectivity index (χ3n) is 2.50. The fraction of sp³-hybridized carbons (Fsp3) is 0.917. The molecule has 0 amide bonds. The maximum absolute atomic E-state index is 7.41. The topological polar surface area (TPSA) is 68.3 Å². The number of rotatable bonds is 9. The van der Waals surface area contributed by atoms with Crippen molar-refractivity contribution in [2.45, 2.75) is 46.6 Å². The van der Waals surface area contributed by atoms with Gasteiger partial charge >= 0.3 is 0 Å². The van der Waals surface area contributed by atoms with Crippen molar-refractivity contribution in [2.75, 3.05) is 19.8 Å². The summed E-state index contributed by atoms with van der Waals surface area (Å²) >= 11 is 0. The molecule has 0 unspecified atom stereocenters. The average Bonchev–Trinajstić information content (AvgIpc) is 2.15. The van der Waals surface area contributed by atoms with E-state index in [-0.39, 0.29) is 17.4 Å². The van der Waals surface area contributed by atoms with Crippen LogP contribution in [-0.4, -0.2) is 31.8 Å². The highest BCUT2D eigenvalue weighted by Crippen LogP contribution is 2.21. The minimum atomic E-state index is -0.211. The normalized spacial score (nSPS) is 12.1. The molecule has 0 aliphatic rings. The smallest absolute Gasteiger partial charge is 0.0963 e. The molecular formula is C12H26N2O2. The molecular weight excluding hydrogens is 204 g/mol. The first-order valence-electron chi connectivity index (χ1n) is 5.90. The Morgan fingerprint density at radius 1 is 1.25 bits per heavy atom. The number of nitrogens with two attached hydrogens (primary N) is 1. The number of hydrogen-bond donors (Lipinski definition) is 2. The van der Waals surface area contributed by atoms with Gasteiger partial charge < -0.3 is 15.2 Å². The summed E-state index contributed by atoms with van der Waals surface area (Å²) in [6, 6.07) is 0. The standard InChI is InChI=1S/C12H26N2O2/c1-10(2)16-9-8-15-7-5-6-12(3,4)11(13)14/h10H,5-9H2,1-4H3,(H3,13,14). The van der Waals surface area contributed by atoms with E-state index in [9.17, 15) is 0 Å². The third kappa shape index (κ3) is 7.65. The van der Waals surface area contributed by atoms with Crippen LogP contribution in [0.2, 0.25) is 0 Å². The van der Waals surface area contributed by atoms with Crippen molar-refractivity contribution in [3.05, 3.63) is 0 Å². The molecule has 0 rings (SSSR count). The van der Waals surface area contributed by atoms with E-state index in [2.05, 4.69) is 0 Å². The zero-order valence-electron chi connectivity index (χ0n) is 11.0. The van der Waals surface area contributed by atoms with Crippen molar-refractivity contribution < 1.29 is 9.47 Å². The van der Waals surface area contributed by atoms with Crippen molar-refractivity contribution in [1.29, 1.82) is 5.41 Å². The van der Waals surface area contributed by atoms with Crippen molar-refractivity contribution in [1.82, 2.24) is 0 Å². The summed E-state index contributed by atoms with van der Waals surface area (Å²) in [6.07, 6.45) is 2.07. The van der Waals surface area contributed by atoms with Crippen LogP contribution in [-0.2, 0) is 9.47 Å². The second-order valence-electron chi connectivity index (χ2n) is 4.93. The Kier molecular flexibility index (Phi) is 7.34. The van der Waals surface area contributed by atoms with Gasteiger partial charge in [0.05, 0.1) is 25.2 Å². The van der Waals surface area contributed by atoms with Gasteiger partial charge in [0.1, 0.15) is 0 Å². The predicted molar refractivity (Wildman–Crippen MR) is 66.8 cm³/mol. The SMILES string of the molecule is CC(C)OCCOCCCC(C)(C)C(=N)N. The maximum Gasteiger partial charge on any atom is 0.0963 e. The van der Waals surface area contributed by atoms with Crippen LogP contribution < -0.4 is 5.73 Å². The molecule has 0 aliphatic heterocycles. The molecule has 0 saturated heterocycles. The lowest BCUT2D eigenvalue weighted by Crippen LogP contribution is -2.31. The molecule has 4 heteroatoms. The predicted octanol–water partition coefficient (Wildman–Crippen LogP) is 2.17. The first-order chi connectivity index (χ1) is 7.36. The van der Waals surface area contributed by atoms with Crippen molar-refractivity contribution in [3.63, 3.8) is 0 Å². The Labute approximate surface area is 99.0 Å². The molecule has 3 N–H and O–H groups in total. The highest BCUT2D eigenvalue weighted by molar-refractivity contribution is 5.82. The van der Waals surface area contributed by atoms with Crippen molar-refractivity contribution in [3.8, 4) is 0 Å². The summed E-state index contributed by atoms with van der Waals surface area (Å²) in [6.45, 7) is 9.98.